The van der Waals surface area contributed by atoms with Crippen LogP contribution in [-0.2, 0) is 0 Å². The van der Waals surface area contributed by atoms with Crippen molar-refractivity contribution in [1.29, 1.82) is 0 Å². The zero-order valence-electron chi connectivity index (χ0n) is 13.7. The molecule has 0 saturated carbocycles. The maximum Gasteiger partial charge on any atom is 0.00949 e. The van der Waals surface area contributed by atoms with Crippen molar-refractivity contribution in [1.82, 2.24) is 0 Å². The third-order valence-electron chi connectivity index (χ3n) is 4.74. The van der Waals surface area contributed by atoms with E-state index in [4.69, 9.17) is 0 Å². The smallest absolute Gasteiger partial charge is 0.00949 e. The van der Waals surface area contributed by atoms with E-state index in [1.165, 1.54) is 52.4 Å². The largest absolute Gasteiger partial charge is 0.138 e. The van der Waals surface area contributed by atoms with Crippen LogP contribution in [0.25, 0.3) is 0 Å². The van der Waals surface area contributed by atoms with E-state index in [0.29, 0.717) is 5.92 Å². The molecule has 0 aliphatic carbocycles. The minimum absolute atomic E-state index is 0.519. The predicted octanol–water partition coefficient (Wildman–Crippen LogP) is 5.71. The van der Waals surface area contributed by atoms with Crippen LogP contribution < -0.4 is 0 Å². The molecule has 0 heterocycles. The highest BCUT2D eigenvalue weighted by atomic mass is 31.0. The van der Waals surface area contributed by atoms with E-state index in [1.807, 2.05) is 0 Å². The van der Waals surface area contributed by atoms with Crippen LogP contribution in [0.4, 0.5) is 0 Å². The molecule has 21 heavy (non-hydrogen) atoms. The second-order valence-electron chi connectivity index (χ2n) is 6.06. The molecule has 0 fully saturated rings. The lowest BCUT2D eigenvalue weighted by Gasteiger charge is -2.23. The SMILES string of the molecule is Cc1cccc(C(CCCP)c2cccc(C)c2C)c1C. The molecule has 0 aromatic heterocycles. The summed E-state index contributed by atoms with van der Waals surface area (Å²) in [5, 5.41) is 0. The number of benzene rings is 2. The Morgan fingerprint density at radius 2 is 1.29 bits per heavy atom. The first kappa shape index (κ1) is 16.2. The molecule has 0 aliphatic heterocycles. The van der Waals surface area contributed by atoms with Gasteiger partial charge in [0.25, 0.3) is 0 Å². The second kappa shape index (κ2) is 7.23. The van der Waals surface area contributed by atoms with Gasteiger partial charge in [-0.2, -0.15) is 0 Å². The van der Waals surface area contributed by atoms with Crippen LogP contribution in [0.2, 0.25) is 0 Å². The Kier molecular flexibility index (Phi) is 5.59. The summed E-state index contributed by atoms with van der Waals surface area (Å²) in [6, 6.07) is 13.5. The molecule has 0 spiro atoms. The van der Waals surface area contributed by atoms with E-state index in [9.17, 15) is 0 Å². The number of hydrogen-bond donors (Lipinski definition) is 0. The molecule has 2 aromatic rings. The molecule has 2 aromatic carbocycles. The number of rotatable bonds is 5. The maximum atomic E-state index is 2.86. The van der Waals surface area contributed by atoms with Crippen LogP contribution in [0, 0.1) is 27.7 Å². The Labute approximate surface area is 132 Å². The fraction of sp³-hybridized carbons (Fsp3) is 0.400. The van der Waals surface area contributed by atoms with E-state index in [-0.39, 0.29) is 0 Å². The summed E-state index contributed by atoms with van der Waals surface area (Å²) < 4.78 is 0. The summed E-state index contributed by atoms with van der Waals surface area (Å²) in [5.74, 6) is 0.519. The van der Waals surface area contributed by atoms with Crippen LogP contribution in [0.3, 0.4) is 0 Å². The van der Waals surface area contributed by atoms with Crippen LogP contribution in [-0.4, -0.2) is 6.16 Å². The first-order chi connectivity index (χ1) is 10.1. The van der Waals surface area contributed by atoms with Gasteiger partial charge in [-0.1, -0.05) is 36.4 Å². The van der Waals surface area contributed by atoms with Gasteiger partial charge in [-0.15, -0.1) is 9.24 Å². The summed E-state index contributed by atoms with van der Waals surface area (Å²) in [6.45, 7) is 8.97. The predicted molar refractivity (Wildman–Crippen MR) is 97.5 cm³/mol. The molecule has 0 aliphatic rings. The topological polar surface area (TPSA) is 0 Å². The lowest BCUT2D eigenvalue weighted by atomic mass is 9.81. The van der Waals surface area contributed by atoms with Crippen LogP contribution >= 0.6 is 9.24 Å². The standard InChI is InChI=1S/C20H27P/c1-14-8-5-10-18(16(14)3)20(12-7-13-21)19-11-6-9-15(2)17(19)4/h5-6,8-11,20H,7,12-13,21H2,1-4H3. The van der Waals surface area contributed by atoms with Crippen molar-refractivity contribution in [2.45, 2.75) is 46.5 Å². The van der Waals surface area contributed by atoms with Crippen molar-refractivity contribution < 1.29 is 0 Å². The van der Waals surface area contributed by atoms with E-state index < -0.39 is 0 Å². The molecule has 1 unspecified atom stereocenters. The van der Waals surface area contributed by atoms with Crippen molar-refractivity contribution in [2.24, 2.45) is 0 Å². The zero-order chi connectivity index (χ0) is 15.4. The molecular formula is C20H27P. The molecule has 0 bridgehead atoms. The molecule has 0 amide bonds. The average molecular weight is 298 g/mol. The highest BCUT2D eigenvalue weighted by Gasteiger charge is 2.18. The van der Waals surface area contributed by atoms with Crippen molar-refractivity contribution in [3.63, 3.8) is 0 Å². The molecule has 0 radical (unpaired) electrons. The maximum absolute atomic E-state index is 2.86. The second-order valence-corrected chi connectivity index (χ2v) is 6.64. The number of aryl methyl sites for hydroxylation is 2. The summed E-state index contributed by atoms with van der Waals surface area (Å²) in [6.07, 6.45) is 3.64. The van der Waals surface area contributed by atoms with Gasteiger partial charge in [0.1, 0.15) is 0 Å². The van der Waals surface area contributed by atoms with Crippen molar-refractivity contribution in [2.75, 3.05) is 6.16 Å². The highest BCUT2D eigenvalue weighted by Crippen LogP contribution is 2.35. The summed E-state index contributed by atoms with van der Waals surface area (Å²) in [4.78, 5) is 0. The summed E-state index contributed by atoms with van der Waals surface area (Å²) in [5.41, 5.74) is 8.70. The van der Waals surface area contributed by atoms with Gasteiger partial charge in [-0.3, -0.25) is 0 Å². The lowest BCUT2D eigenvalue weighted by Crippen LogP contribution is -2.07. The van der Waals surface area contributed by atoms with Gasteiger partial charge in [-0.05, 0) is 80.1 Å². The summed E-state index contributed by atoms with van der Waals surface area (Å²) in [7, 11) is 2.86. The third-order valence-corrected chi connectivity index (χ3v) is 5.15. The van der Waals surface area contributed by atoms with Gasteiger partial charge >= 0.3 is 0 Å². The first-order valence-electron chi connectivity index (χ1n) is 7.88. The quantitative estimate of drug-likeness (QED) is 0.620. The Morgan fingerprint density at radius 1 is 0.810 bits per heavy atom. The third kappa shape index (κ3) is 3.55. The molecule has 0 N–H and O–H groups in total. The van der Waals surface area contributed by atoms with E-state index in [0.717, 1.165) is 0 Å². The molecule has 0 nitrogen and oxygen atoms in total. The van der Waals surface area contributed by atoms with Crippen molar-refractivity contribution in [3.8, 4) is 0 Å². The van der Waals surface area contributed by atoms with Gasteiger partial charge in [0.2, 0.25) is 0 Å². The average Bonchev–Trinajstić information content (AvgIpc) is 2.47. The normalized spacial score (nSPS) is 11.1. The molecule has 112 valence electrons. The Bertz CT molecular complexity index is 562. The van der Waals surface area contributed by atoms with Crippen LogP contribution in [0.1, 0.15) is 52.1 Å². The Morgan fingerprint density at radius 3 is 1.71 bits per heavy atom. The minimum atomic E-state index is 0.519. The van der Waals surface area contributed by atoms with Gasteiger partial charge in [0, 0.05) is 5.92 Å². The fourth-order valence-corrected chi connectivity index (χ4v) is 3.34. The first-order valence-corrected chi connectivity index (χ1v) is 8.70. The van der Waals surface area contributed by atoms with Gasteiger partial charge < -0.3 is 0 Å². The van der Waals surface area contributed by atoms with E-state index in [1.54, 1.807) is 0 Å². The molecule has 1 heteroatoms. The molecular weight excluding hydrogens is 271 g/mol. The van der Waals surface area contributed by atoms with Crippen molar-refractivity contribution >= 4 is 9.24 Å². The molecule has 0 saturated heterocycles. The molecule has 1 atom stereocenters. The fourth-order valence-electron chi connectivity index (χ4n) is 3.10. The summed E-state index contributed by atoms with van der Waals surface area (Å²) >= 11 is 0. The van der Waals surface area contributed by atoms with Crippen LogP contribution in [0.15, 0.2) is 36.4 Å². The van der Waals surface area contributed by atoms with Gasteiger partial charge in [0.15, 0.2) is 0 Å². The lowest BCUT2D eigenvalue weighted by molar-refractivity contribution is 0.694. The highest BCUT2D eigenvalue weighted by molar-refractivity contribution is 7.16. The monoisotopic (exact) mass is 298 g/mol. The number of hydrogen-bond acceptors (Lipinski definition) is 0. The minimum Gasteiger partial charge on any atom is -0.138 e. The Balaban J connectivity index is 2.52. The Hall–Kier alpha value is -1.13. The van der Waals surface area contributed by atoms with Crippen molar-refractivity contribution in [3.05, 3.63) is 69.8 Å². The van der Waals surface area contributed by atoms with Gasteiger partial charge in [-0.25, -0.2) is 0 Å². The van der Waals surface area contributed by atoms with Gasteiger partial charge in [0.05, 0.1) is 0 Å². The van der Waals surface area contributed by atoms with E-state index in [2.05, 4.69) is 73.3 Å². The van der Waals surface area contributed by atoms with E-state index >= 15 is 0 Å². The van der Waals surface area contributed by atoms with Crippen LogP contribution in [0.5, 0.6) is 0 Å². The zero-order valence-corrected chi connectivity index (χ0v) is 14.9. The molecule has 2 rings (SSSR count).